The van der Waals surface area contributed by atoms with E-state index in [-0.39, 0.29) is 6.03 Å². The standard InChI is InChI=1S/C21H26N2O3/c1-23(15-16-6-9-19(25-2)10-7-16)21(24)22-12-13-26-20-11-8-17-4-3-5-18(17)14-20/h6-11,14H,3-5,12-13,15H2,1-2H3,(H,22,24). The lowest BCUT2D eigenvalue weighted by Crippen LogP contribution is -2.38. The highest BCUT2D eigenvalue weighted by Gasteiger charge is 2.11. The number of methoxy groups -OCH3 is 1. The Labute approximate surface area is 154 Å². The monoisotopic (exact) mass is 354 g/mol. The predicted molar refractivity (Wildman–Crippen MR) is 102 cm³/mol. The third kappa shape index (κ3) is 4.69. The zero-order valence-corrected chi connectivity index (χ0v) is 15.5. The number of hydrogen-bond acceptors (Lipinski definition) is 3. The number of fused-ring (bicyclic) bond motifs is 1. The minimum atomic E-state index is -0.113. The maximum Gasteiger partial charge on any atom is 0.317 e. The van der Waals surface area contributed by atoms with Crippen molar-refractivity contribution in [1.29, 1.82) is 0 Å². The molecule has 0 atom stereocenters. The zero-order valence-electron chi connectivity index (χ0n) is 15.5. The number of nitrogens with zero attached hydrogens (tertiary/aromatic N) is 1. The van der Waals surface area contributed by atoms with Gasteiger partial charge in [0.05, 0.1) is 13.7 Å². The van der Waals surface area contributed by atoms with Crippen LogP contribution < -0.4 is 14.8 Å². The minimum absolute atomic E-state index is 0.113. The van der Waals surface area contributed by atoms with Crippen LogP contribution in [0.3, 0.4) is 0 Å². The molecule has 5 heteroatoms. The van der Waals surface area contributed by atoms with E-state index in [9.17, 15) is 4.79 Å². The average Bonchev–Trinajstić information content (AvgIpc) is 3.13. The molecule has 5 nitrogen and oxygen atoms in total. The summed E-state index contributed by atoms with van der Waals surface area (Å²) in [5.74, 6) is 1.69. The van der Waals surface area contributed by atoms with Gasteiger partial charge in [-0.25, -0.2) is 4.79 Å². The van der Waals surface area contributed by atoms with Crippen LogP contribution in [0.25, 0.3) is 0 Å². The third-order valence-electron chi connectivity index (χ3n) is 4.64. The first-order chi connectivity index (χ1) is 12.7. The molecule has 0 saturated carbocycles. The molecule has 0 radical (unpaired) electrons. The minimum Gasteiger partial charge on any atom is -0.497 e. The number of amides is 2. The maximum absolute atomic E-state index is 12.2. The molecule has 0 aromatic heterocycles. The zero-order chi connectivity index (χ0) is 18.4. The summed E-state index contributed by atoms with van der Waals surface area (Å²) in [6, 6.07) is 13.9. The first-order valence-corrected chi connectivity index (χ1v) is 9.02. The Morgan fingerprint density at radius 3 is 2.58 bits per heavy atom. The van der Waals surface area contributed by atoms with Gasteiger partial charge in [-0.05, 0) is 60.2 Å². The molecule has 26 heavy (non-hydrogen) atoms. The van der Waals surface area contributed by atoms with Crippen molar-refractivity contribution < 1.29 is 14.3 Å². The summed E-state index contributed by atoms with van der Waals surface area (Å²) >= 11 is 0. The normalized spacial score (nSPS) is 12.4. The van der Waals surface area contributed by atoms with Crippen molar-refractivity contribution >= 4 is 6.03 Å². The van der Waals surface area contributed by atoms with E-state index in [1.54, 1.807) is 19.1 Å². The van der Waals surface area contributed by atoms with E-state index in [0.717, 1.165) is 23.5 Å². The third-order valence-corrected chi connectivity index (χ3v) is 4.64. The van der Waals surface area contributed by atoms with Gasteiger partial charge in [0.1, 0.15) is 18.1 Å². The molecular weight excluding hydrogens is 328 g/mol. The number of hydrogen-bond donors (Lipinski definition) is 1. The van der Waals surface area contributed by atoms with Gasteiger partial charge in [-0.1, -0.05) is 18.2 Å². The molecule has 1 aliphatic rings. The summed E-state index contributed by atoms with van der Waals surface area (Å²) in [5, 5.41) is 2.89. The average molecular weight is 354 g/mol. The molecule has 1 aliphatic carbocycles. The van der Waals surface area contributed by atoms with Crippen molar-refractivity contribution in [2.24, 2.45) is 0 Å². The number of urea groups is 1. The van der Waals surface area contributed by atoms with E-state index < -0.39 is 0 Å². The van der Waals surface area contributed by atoms with Crippen LogP contribution in [0.15, 0.2) is 42.5 Å². The summed E-state index contributed by atoms with van der Waals surface area (Å²) < 4.78 is 10.9. The van der Waals surface area contributed by atoms with Crippen LogP contribution in [0.5, 0.6) is 11.5 Å². The topological polar surface area (TPSA) is 50.8 Å². The fraction of sp³-hybridized carbons (Fsp3) is 0.381. The molecule has 2 amide bonds. The van der Waals surface area contributed by atoms with Crippen LogP contribution in [0.1, 0.15) is 23.1 Å². The Balaban J connectivity index is 1.39. The summed E-state index contributed by atoms with van der Waals surface area (Å²) in [4.78, 5) is 13.8. The second kappa shape index (κ2) is 8.61. The number of carbonyl (C=O) groups is 1. The van der Waals surface area contributed by atoms with Crippen LogP contribution in [-0.2, 0) is 19.4 Å². The van der Waals surface area contributed by atoms with E-state index in [2.05, 4.69) is 17.4 Å². The van der Waals surface area contributed by atoms with E-state index in [0.29, 0.717) is 19.7 Å². The molecule has 0 spiro atoms. The van der Waals surface area contributed by atoms with Gasteiger partial charge in [-0.3, -0.25) is 0 Å². The van der Waals surface area contributed by atoms with Gasteiger partial charge >= 0.3 is 6.03 Å². The molecule has 2 aromatic rings. The Bertz CT molecular complexity index is 743. The van der Waals surface area contributed by atoms with Gasteiger partial charge in [-0.15, -0.1) is 0 Å². The number of nitrogens with one attached hydrogen (secondary N) is 1. The van der Waals surface area contributed by atoms with Gasteiger partial charge in [0.15, 0.2) is 0 Å². The predicted octanol–water partition coefficient (Wildman–Crippen LogP) is 3.40. The lowest BCUT2D eigenvalue weighted by atomic mass is 10.1. The van der Waals surface area contributed by atoms with Gasteiger partial charge in [0, 0.05) is 13.6 Å². The Morgan fingerprint density at radius 2 is 1.81 bits per heavy atom. The number of carbonyl (C=O) groups excluding carboxylic acids is 1. The first-order valence-electron chi connectivity index (χ1n) is 9.02. The lowest BCUT2D eigenvalue weighted by Gasteiger charge is -2.18. The van der Waals surface area contributed by atoms with Crippen molar-refractivity contribution in [1.82, 2.24) is 10.2 Å². The summed E-state index contributed by atoms with van der Waals surface area (Å²) in [6.07, 6.45) is 3.54. The highest BCUT2D eigenvalue weighted by atomic mass is 16.5. The maximum atomic E-state index is 12.2. The Hall–Kier alpha value is -2.69. The van der Waals surface area contributed by atoms with Crippen molar-refractivity contribution in [3.8, 4) is 11.5 Å². The largest absolute Gasteiger partial charge is 0.497 e. The second-order valence-electron chi connectivity index (χ2n) is 6.57. The van der Waals surface area contributed by atoms with Crippen LogP contribution in [0.4, 0.5) is 4.79 Å². The number of ether oxygens (including phenoxy) is 2. The molecule has 2 aromatic carbocycles. The van der Waals surface area contributed by atoms with Crippen molar-refractivity contribution in [2.45, 2.75) is 25.8 Å². The van der Waals surface area contributed by atoms with Gasteiger partial charge in [0.25, 0.3) is 0 Å². The van der Waals surface area contributed by atoms with Crippen LogP contribution in [0.2, 0.25) is 0 Å². The molecule has 0 unspecified atom stereocenters. The lowest BCUT2D eigenvalue weighted by molar-refractivity contribution is 0.203. The first kappa shape index (κ1) is 18.1. The van der Waals surface area contributed by atoms with Crippen LogP contribution >= 0.6 is 0 Å². The fourth-order valence-electron chi connectivity index (χ4n) is 3.18. The van der Waals surface area contributed by atoms with E-state index in [4.69, 9.17) is 9.47 Å². The number of aryl methyl sites for hydroxylation is 2. The quantitative estimate of drug-likeness (QED) is 0.775. The smallest absolute Gasteiger partial charge is 0.317 e. The molecule has 138 valence electrons. The van der Waals surface area contributed by atoms with Gasteiger partial charge in [0.2, 0.25) is 0 Å². The molecule has 0 fully saturated rings. The number of benzene rings is 2. The Kier molecular flexibility index (Phi) is 6.00. The molecule has 1 N–H and O–H groups in total. The van der Waals surface area contributed by atoms with Gasteiger partial charge in [-0.2, -0.15) is 0 Å². The van der Waals surface area contributed by atoms with E-state index >= 15 is 0 Å². The summed E-state index contributed by atoms with van der Waals surface area (Å²) in [7, 11) is 3.42. The summed E-state index contributed by atoms with van der Waals surface area (Å²) in [6.45, 7) is 1.48. The highest BCUT2D eigenvalue weighted by Crippen LogP contribution is 2.25. The van der Waals surface area contributed by atoms with Crippen molar-refractivity contribution in [2.75, 3.05) is 27.3 Å². The van der Waals surface area contributed by atoms with Crippen LogP contribution in [0, 0.1) is 0 Å². The molecular formula is C21H26N2O3. The van der Waals surface area contributed by atoms with E-state index in [1.165, 1.54) is 24.0 Å². The van der Waals surface area contributed by atoms with Gasteiger partial charge < -0.3 is 19.7 Å². The molecule has 0 aliphatic heterocycles. The van der Waals surface area contributed by atoms with Crippen molar-refractivity contribution in [3.05, 3.63) is 59.2 Å². The molecule has 0 saturated heterocycles. The van der Waals surface area contributed by atoms with E-state index in [1.807, 2.05) is 30.3 Å². The van der Waals surface area contributed by atoms with Crippen molar-refractivity contribution in [3.63, 3.8) is 0 Å². The molecule has 3 rings (SSSR count). The Morgan fingerprint density at radius 1 is 1.08 bits per heavy atom. The highest BCUT2D eigenvalue weighted by molar-refractivity contribution is 5.73. The second-order valence-corrected chi connectivity index (χ2v) is 6.57. The molecule has 0 bridgehead atoms. The van der Waals surface area contributed by atoms with Crippen LogP contribution in [-0.4, -0.2) is 38.2 Å². The SMILES string of the molecule is COc1ccc(CN(C)C(=O)NCCOc2ccc3c(c2)CCC3)cc1. The molecule has 0 heterocycles. The number of rotatable bonds is 7. The fourth-order valence-corrected chi connectivity index (χ4v) is 3.18. The summed E-state index contributed by atoms with van der Waals surface area (Å²) in [5.41, 5.74) is 3.88.